The zero-order chi connectivity index (χ0) is 21.3. The Hall–Kier alpha value is -3.29. The third-order valence-corrected chi connectivity index (χ3v) is 4.33. The molecule has 1 heterocycles. The molecule has 7 heteroatoms. The van der Waals surface area contributed by atoms with Crippen LogP contribution < -0.4 is 0 Å². The number of alkyl halides is 1. The summed E-state index contributed by atoms with van der Waals surface area (Å²) in [5, 5.41) is 9.62. The number of carbonyl (C=O) groups excluding carboxylic acids is 2. The molecule has 1 unspecified atom stereocenters. The van der Waals surface area contributed by atoms with E-state index in [0.29, 0.717) is 0 Å². The maximum absolute atomic E-state index is 14.2. The van der Waals surface area contributed by atoms with E-state index in [0.717, 1.165) is 17.2 Å². The summed E-state index contributed by atoms with van der Waals surface area (Å²) in [5.41, 5.74) is 1.58. The molecule has 2 aromatic carbocycles. The van der Waals surface area contributed by atoms with Gasteiger partial charge in [-0.3, -0.25) is 0 Å². The van der Waals surface area contributed by atoms with Crippen LogP contribution in [0.2, 0.25) is 0 Å². The topological polar surface area (TPSA) is 82.1 Å². The molecular formula is C23H21FO6. The number of hydrogen-bond acceptors (Lipinski definition) is 6. The molecule has 0 aliphatic carbocycles. The molecule has 1 aliphatic rings. The lowest BCUT2D eigenvalue weighted by atomic mass is 10.1. The summed E-state index contributed by atoms with van der Waals surface area (Å²) in [6, 6.07) is 18.1. The van der Waals surface area contributed by atoms with Gasteiger partial charge in [-0.05, 0) is 23.3 Å². The summed E-state index contributed by atoms with van der Waals surface area (Å²) in [4.78, 5) is 23.9. The Labute approximate surface area is 173 Å². The molecule has 156 valence electrons. The SMILES string of the molecule is O=C(/C=C/c1ccccc1)OC[C@H]1OC(O)[C@@H](F)[C@@H]1OC(=O)/C=C/c1ccccc1. The number of benzene rings is 2. The van der Waals surface area contributed by atoms with E-state index < -0.39 is 36.6 Å². The summed E-state index contributed by atoms with van der Waals surface area (Å²) < 4.78 is 29.4. The number of esters is 2. The van der Waals surface area contributed by atoms with Crippen LogP contribution in [0.1, 0.15) is 11.1 Å². The highest BCUT2D eigenvalue weighted by Gasteiger charge is 2.47. The maximum atomic E-state index is 14.2. The highest BCUT2D eigenvalue weighted by Crippen LogP contribution is 2.26. The summed E-state index contributed by atoms with van der Waals surface area (Å²) in [6.07, 6.45) is -0.804. The van der Waals surface area contributed by atoms with Crippen molar-refractivity contribution in [1.82, 2.24) is 0 Å². The number of aliphatic hydroxyl groups excluding tert-OH is 1. The summed E-state index contributed by atoms with van der Waals surface area (Å²) >= 11 is 0. The minimum atomic E-state index is -1.96. The van der Waals surface area contributed by atoms with Crippen LogP contribution >= 0.6 is 0 Å². The fourth-order valence-electron chi connectivity index (χ4n) is 2.82. The maximum Gasteiger partial charge on any atom is 0.331 e. The van der Waals surface area contributed by atoms with Crippen molar-refractivity contribution in [3.63, 3.8) is 0 Å². The van der Waals surface area contributed by atoms with E-state index in [1.165, 1.54) is 12.2 Å². The average Bonchev–Trinajstić information content (AvgIpc) is 3.04. The van der Waals surface area contributed by atoms with Crippen LogP contribution in [-0.4, -0.2) is 48.3 Å². The molecule has 1 saturated heterocycles. The van der Waals surface area contributed by atoms with Gasteiger partial charge >= 0.3 is 11.9 Å². The largest absolute Gasteiger partial charge is 0.460 e. The standard InChI is InChI=1S/C23H21FO6/c24-21-22(30-20(26)14-12-17-9-5-2-6-10-17)18(29-23(21)27)15-28-19(25)13-11-16-7-3-1-4-8-16/h1-14,18,21-23,27H,15H2/b13-11+,14-12+/t18-,21+,22-,23?/m1/s1. The molecule has 0 bridgehead atoms. The predicted octanol–water partition coefficient (Wildman–Crippen LogP) is 2.92. The second-order valence-electron chi connectivity index (χ2n) is 6.53. The second kappa shape index (κ2) is 10.5. The first-order valence-corrected chi connectivity index (χ1v) is 9.34. The van der Waals surface area contributed by atoms with E-state index in [-0.39, 0.29) is 6.61 Å². The van der Waals surface area contributed by atoms with E-state index in [4.69, 9.17) is 14.2 Å². The van der Waals surface area contributed by atoms with Crippen LogP contribution in [0.5, 0.6) is 0 Å². The molecule has 0 spiro atoms. The Morgan fingerprint density at radius 2 is 1.47 bits per heavy atom. The van der Waals surface area contributed by atoms with Gasteiger partial charge in [-0.1, -0.05) is 60.7 Å². The van der Waals surface area contributed by atoms with E-state index in [9.17, 15) is 19.1 Å². The molecule has 0 radical (unpaired) electrons. The van der Waals surface area contributed by atoms with Gasteiger partial charge < -0.3 is 19.3 Å². The second-order valence-corrected chi connectivity index (χ2v) is 6.53. The molecule has 6 nitrogen and oxygen atoms in total. The molecule has 30 heavy (non-hydrogen) atoms. The number of carbonyl (C=O) groups is 2. The monoisotopic (exact) mass is 412 g/mol. The van der Waals surface area contributed by atoms with Crippen LogP contribution in [0.25, 0.3) is 12.2 Å². The molecule has 0 saturated carbocycles. The number of hydrogen-bond donors (Lipinski definition) is 1. The molecular weight excluding hydrogens is 391 g/mol. The molecule has 1 fully saturated rings. The van der Waals surface area contributed by atoms with Crippen molar-refractivity contribution in [2.24, 2.45) is 0 Å². The number of rotatable bonds is 7. The average molecular weight is 412 g/mol. The zero-order valence-electron chi connectivity index (χ0n) is 16.0. The number of halogens is 1. The van der Waals surface area contributed by atoms with E-state index >= 15 is 0 Å². The third kappa shape index (κ3) is 6.10. The Morgan fingerprint density at radius 3 is 2.03 bits per heavy atom. The van der Waals surface area contributed by atoms with Crippen LogP contribution in [0, 0.1) is 0 Å². The zero-order valence-corrected chi connectivity index (χ0v) is 16.0. The summed E-state index contributed by atoms with van der Waals surface area (Å²) in [6.45, 7) is -0.379. The quantitative estimate of drug-likeness (QED) is 0.556. The fourth-order valence-corrected chi connectivity index (χ4v) is 2.82. The van der Waals surface area contributed by atoms with Crippen molar-refractivity contribution in [3.8, 4) is 0 Å². The van der Waals surface area contributed by atoms with Crippen molar-refractivity contribution in [1.29, 1.82) is 0 Å². The molecule has 4 atom stereocenters. The Morgan fingerprint density at radius 1 is 0.933 bits per heavy atom. The molecule has 1 N–H and O–H groups in total. The van der Waals surface area contributed by atoms with Gasteiger partial charge in [0.15, 0.2) is 18.6 Å². The van der Waals surface area contributed by atoms with Gasteiger partial charge in [0.25, 0.3) is 0 Å². The van der Waals surface area contributed by atoms with Crippen molar-refractivity contribution < 1.29 is 33.3 Å². The minimum absolute atomic E-state index is 0.379. The predicted molar refractivity (Wildman–Crippen MR) is 108 cm³/mol. The van der Waals surface area contributed by atoms with Gasteiger partial charge in [-0.2, -0.15) is 0 Å². The van der Waals surface area contributed by atoms with Gasteiger partial charge in [-0.15, -0.1) is 0 Å². The van der Waals surface area contributed by atoms with Gasteiger partial charge in [-0.25, -0.2) is 14.0 Å². The molecule has 1 aliphatic heterocycles. The Balaban J connectivity index is 1.54. The molecule has 2 aromatic rings. The molecule has 0 aromatic heterocycles. The smallest absolute Gasteiger partial charge is 0.331 e. The van der Waals surface area contributed by atoms with Gasteiger partial charge in [0.1, 0.15) is 12.7 Å². The molecule has 0 amide bonds. The van der Waals surface area contributed by atoms with Crippen LogP contribution in [0.3, 0.4) is 0 Å². The van der Waals surface area contributed by atoms with Gasteiger partial charge in [0, 0.05) is 12.2 Å². The summed E-state index contributed by atoms with van der Waals surface area (Å²) in [7, 11) is 0. The van der Waals surface area contributed by atoms with Gasteiger partial charge in [0.2, 0.25) is 0 Å². The van der Waals surface area contributed by atoms with E-state index in [1.54, 1.807) is 30.3 Å². The minimum Gasteiger partial charge on any atom is -0.460 e. The van der Waals surface area contributed by atoms with Crippen LogP contribution in [0.15, 0.2) is 72.8 Å². The van der Waals surface area contributed by atoms with Gasteiger partial charge in [0.05, 0.1) is 0 Å². The Kier molecular flexibility index (Phi) is 7.48. The lowest BCUT2D eigenvalue weighted by molar-refractivity contribution is -0.156. The summed E-state index contributed by atoms with van der Waals surface area (Å²) in [5.74, 6) is -1.47. The van der Waals surface area contributed by atoms with Crippen LogP contribution in [0.4, 0.5) is 4.39 Å². The first kappa shape index (κ1) is 21.4. The first-order chi connectivity index (χ1) is 14.5. The van der Waals surface area contributed by atoms with E-state index in [1.807, 2.05) is 36.4 Å². The highest BCUT2D eigenvalue weighted by molar-refractivity contribution is 5.87. The van der Waals surface area contributed by atoms with Crippen molar-refractivity contribution in [3.05, 3.63) is 83.9 Å². The Bertz CT molecular complexity index is 896. The first-order valence-electron chi connectivity index (χ1n) is 9.34. The fraction of sp³-hybridized carbons (Fsp3) is 0.217. The highest BCUT2D eigenvalue weighted by atomic mass is 19.1. The lowest BCUT2D eigenvalue weighted by Crippen LogP contribution is -2.36. The number of aliphatic hydroxyl groups is 1. The lowest BCUT2D eigenvalue weighted by Gasteiger charge is -2.18. The number of ether oxygens (including phenoxy) is 3. The van der Waals surface area contributed by atoms with Crippen molar-refractivity contribution in [2.75, 3.05) is 6.61 Å². The third-order valence-electron chi connectivity index (χ3n) is 4.33. The van der Waals surface area contributed by atoms with Crippen molar-refractivity contribution >= 4 is 24.1 Å². The van der Waals surface area contributed by atoms with Crippen LogP contribution in [-0.2, 0) is 23.8 Å². The van der Waals surface area contributed by atoms with E-state index in [2.05, 4.69) is 0 Å². The molecule has 3 rings (SSSR count). The normalized spacial score (nSPS) is 23.7. The van der Waals surface area contributed by atoms with Crippen molar-refractivity contribution in [2.45, 2.75) is 24.7 Å².